The summed E-state index contributed by atoms with van der Waals surface area (Å²) in [5.74, 6) is 0.297. The third-order valence-electron chi connectivity index (χ3n) is 3.37. The molecule has 0 saturated heterocycles. The summed E-state index contributed by atoms with van der Waals surface area (Å²) >= 11 is 1.41. The van der Waals surface area contributed by atoms with Gasteiger partial charge in [0.05, 0.1) is 4.90 Å². The maximum atomic E-state index is 12.9. The molecule has 0 atom stereocenters. The van der Waals surface area contributed by atoms with E-state index < -0.39 is 10.0 Å². The lowest BCUT2D eigenvalue weighted by Gasteiger charge is -2.31. The van der Waals surface area contributed by atoms with Crippen LogP contribution in [0.2, 0.25) is 0 Å². The van der Waals surface area contributed by atoms with Crippen molar-refractivity contribution in [1.82, 2.24) is 4.31 Å². The molecule has 0 unspecified atom stereocenters. The van der Waals surface area contributed by atoms with Crippen LogP contribution < -0.4 is 5.73 Å². The standard InChI is InChI=1S/C14H26N2O2S2/c1-5-12(6-2)16(10-11(3)4)20(17,18)14-7-8-19-13(14)9-15/h7-8,11-12H,5-6,9-10,15H2,1-4H3. The van der Waals surface area contributed by atoms with Gasteiger partial charge in [0.15, 0.2) is 0 Å². The van der Waals surface area contributed by atoms with E-state index in [9.17, 15) is 8.42 Å². The first-order valence-electron chi connectivity index (χ1n) is 7.16. The Hall–Kier alpha value is -0.430. The van der Waals surface area contributed by atoms with Crippen molar-refractivity contribution in [3.05, 3.63) is 16.3 Å². The van der Waals surface area contributed by atoms with Gasteiger partial charge >= 0.3 is 0 Å². The third kappa shape index (κ3) is 3.81. The van der Waals surface area contributed by atoms with E-state index in [0.29, 0.717) is 17.4 Å². The molecule has 0 aromatic carbocycles. The van der Waals surface area contributed by atoms with Crippen molar-refractivity contribution in [2.24, 2.45) is 11.7 Å². The van der Waals surface area contributed by atoms with Crippen LogP contribution in [-0.4, -0.2) is 25.3 Å². The van der Waals surface area contributed by atoms with Crippen molar-refractivity contribution in [1.29, 1.82) is 0 Å². The summed E-state index contributed by atoms with van der Waals surface area (Å²) in [6.07, 6.45) is 1.65. The molecule has 0 aliphatic rings. The molecule has 4 nitrogen and oxygen atoms in total. The highest BCUT2D eigenvalue weighted by Crippen LogP contribution is 2.28. The smallest absolute Gasteiger partial charge is 0.244 e. The third-order valence-corrected chi connectivity index (χ3v) is 6.45. The highest BCUT2D eigenvalue weighted by atomic mass is 32.2. The van der Waals surface area contributed by atoms with Crippen LogP contribution in [0.5, 0.6) is 0 Å². The van der Waals surface area contributed by atoms with E-state index in [4.69, 9.17) is 5.73 Å². The van der Waals surface area contributed by atoms with E-state index in [1.807, 2.05) is 27.7 Å². The fraction of sp³-hybridized carbons (Fsp3) is 0.714. The Labute approximate surface area is 127 Å². The maximum absolute atomic E-state index is 12.9. The topological polar surface area (TPSA) is 63.4 Å². The molecule has 1 aromatic rings. The minimum Gasteiger partial charge on any atom is -0.326 e. The van der Waals surface area contributed by atoms with E-state index in [1.54, 1.807) is 15.8 Å². The predicted molar refractivity (Wildman–Crippen MR) is 85.3 cm³/mol. The van der Waals surface area contributed by atoms with Crippen molar-refractivity contribution >= 4 is 21.4 Å². The monoisotopic (exact) mass is 318 g/mol. The number of thiophene rings is 1. The predicted octanol–water partition coefficient (Wildman–Crippen LogP) is 3.04. The zero-order chi connectivity index (χ0) is 15.3. The lowest BCUT2D eigenvalue weighted by Crippen LogP contribution is -2.42. The highest BCUT2D eigenvalue weighted by Gasteiger charge is 2.32. The fourth-order valence-corrected chi connectivity index (χ4v) is 5.58. The lowest BCUT2D eigenvalue weighted by atomic mass is 10.1. The Morgan fingerprint density at radius 3 is 2.35 bits per heavy atom. The van der Waals surface area contributed by atoms with Gasteiger partial charge in [-0.1, -0.05) is 27.7 Å². The normalized spacial score (nSPS) is 12.8. The molecule has 0 bridgehead atoms. The molecule has 0 fully saturated rings. The molecule has 0 amide bonds. The lowest BCUT2D eigenvalue weighted by molar-refractivity contribution is 0.277. The highest BCUT2D eigenvalue weighted by molar-refractivity contribution is 7.89. The second kappa shape index (κ2) is 7.54. The van der Waals surface area contributed by atoms with Gasteiger partial charge in [-0.2, -0.15) is 4.31 Å². The van der Waals surface area contributed by atoms with Crippen molar-refractivity contribution in [2.75, 3.05) is 6.54 Å². The summed E-state index contributed by atoms with van der Waals surface area (Å²) in [7, 11) is -3.46. The van der Waals surface area contributed by atoms with Gasteiger partial charge in [-0.05, 0) is 30.2 Å². The number of rotatable bonds is 8. The molecular formula is C14H26N2O2S2. The molecule has 1 rings (SSSR count). The first-order chi connectivity index (χ1) is 9.38. The largest absolute Gasteiger partial charge is 0.326 e. The van der Waals surface area contributed by atoms with Gasteiger partial charge in [0.2, 0.25) is 10.0 Å². The molecular weight excluding hydrogens is 292 g/mol. The van der Waals surface area contributed by atoms with E-state index >= 15 is 0 Å². The van der Waals surface area contributed by atoms with Crippen molar-refractivity contribution < 1.29 is 8.42 Å². The Balaban J connectivity index is 3.23. The average Bonchev–Trinajstić information content (AvgIpc) is 2.87. The van der Waals surface area contributed by atoms with Gasteiger partial charge in [0, 0.05) is 24.0 Å². The van der Waals surface area contributed by atoms with E-state index in [1.165, 1.54) is 11.3 Å². The molecule has 2 N–H and O–H groups in total. The fourth-order valence-electron chi connectivity index (χ4n) is 2.33. The summed E-state index contributed by atoms with van der Waals surface area (Å²) in [4.78, 5) is 1.13. The van der Waals surface area contributed by atoms with Crippen LogP contribution in [0.15, 0.2) is 16.3 Å². The Kier molecular flexibility index (Phi) is 6.64. The average molecular weight is 319 g/mol. The molecule has 0 saturated carbocycles. The van der Waals surface area contributed by atoms with Crippen LogP contribution in [0.25, 0.3) is 0 Å². The molecule has 1 aromatic heterocycles. The number of nitrogens with two attached hydrogens (primary N) is 1. The summed E-state index contributed by atoms with van der Waals surface area (Å²) in [5.41, 5.74) is 5.66. The molecule has 0 spiro atoms. The zero-order valence-electron chi connectivity index (χ0n) is 12.8. The second-order valence-corrected chi connectivity index (χ2v) is 8.21. The summed E-state index contributed by atoms with van der Waals surface area (Å²) < 4.78 is 27.6. The van der Waals surface area contributed by atoms with Crippen molar-refractivity contribution in [3.63, 3.8) is 0 Å². The minimum atomic E-state index is -3.46. The van der Waals surface area contributed by atoms with Gasteiger partial charge in [-0.3, -0.25) is 0 Å². The maximum Gasteiger partial charge on any atom is 0.244 e. The first kappa shape index (κ1) is 17.6. The number of nitrogens with zero attached hydrogens (tertiary/aromatic N) is 1. The van der Waals surface area contributed by atoms with Crippen LogP contribution >= 0.6 is 11.3 Å². The number of hydrogen-bond acceptors (Lipinski definition) is 4. The second-order valence-electron chi connectivity index (χ2n) is 5.35. The van der Waals surface area contributed by atoms with Crippen LogP contribution in [0.3, 0.4) is 0 Å². The zero-order valence-corrected chi connectivity index (χ0v) is 14.4. The van der Waals surface area contributed by atoms with E-state index in [0.717, 1.165) is 17.7 Å². The number of hydrogen-bond donors (Lipinski definition) is 1. The molecule has 1 heterocycles. The summed E-state index contributed by atoms with van der Waals surface area (Å²) in [6.45, 7) is 8.98. The van der Waals surface area contributed by atoms with Crippen LogP contribution in [0.4, 0.5) is 0 Å². The van der Waals surface area contributed by atoms with Gasteiger partial charge < -0.3 is 5.73 Å². The Bertz CT molecular complexity index is 505. The van der Waals surface area contributed by atoms with Crippen LogP contribution in [-0.2, 0) is 16.6 Å². The Morgan fingerprint density at radius 2 is 1.90 bits per heavy atom. The van der Waals surface area contributed by atoms with E-state index in [2.05, 4.69) is 0 Å². The van der Waals surface area contributed by atoms with Crippen LogP contribution in [0, 0.1) is 5.92 Å². The van der Waals surface area contributed by atoms with Crippen molar-refractivity contribution in [3.8, 4) is 0 Å². The number of sulfonamides is 1. The van der Waals surface area contributed by atoms with Gasteiger partial charge in [-0.25, -0.2) is 8.42 Å². The quantitative estimate of drug-likeness (QED) is 0.801. The van der Waals surface area contributed by atoms with Gasteiger partial charge in [0.25, 0.3) is 0 Å². The Morgan fingerprint density at radius 1 is 1.30 bits per heavy atom. The van der Waals surface area contributed by atoms with Gasteiger partial charge in [-0.15, -0.1) is 11.3 Å². The van der Waals surface area contributed by atoms with Gasteiger partial charge in [0.1, 0.15) is 0 Å². The molecule has 6 heteroatoms. The van der Waals surface area contributed by atoms with Crippen LogP contribution in [0.1, 0.15) is 45.4 Å². The molecule has 116 valence electrons. The summed E-state index contributed by atoms with van der Waals surface area (Å²) in [6, 6.07) is 1.73. The molecule has 0 aliphatic heterocycles. The SMILES string of the molecule is CCC(CC)N(CC(C)C)S(=O)(=O)c1ccsc1CN. The molecule has 0 radical (unpaired) electrons. The molecule has 20 heavy (non-hydrogen) atoms. The first-order valence-corrected chi connectivity index (χ1v) is 9.48. The summed E-state index contributed by atoms with van der Waals surface area (Å²) in [5, 5.41) is 1.80. The minimum absolute atomic E-state index is 0.0490. The van der Waals surface area contributed by atoms with Crippen molar-refractivity contribution in [2.45, 2.75) is 58.0 Å². The van der Waals surface area contributed by atoms with E-state index in [-0.39, 0.29) is 12.6 Å². The molecule has 0 aliphatic carbocycles.